The van der Waals surface area contributed by atoms with Crippen LogP contribution in [0.5, 0.6) is 0 Å². The van der Waals surface area contributed by atoms with Crippen LogP contribution in [0.15, 0.2) is 24.3 Å². The molecule has 2 aromatic carbocycles. The number of benzene rings is 2. The van der Waals surface area contributed by atoms with E-state index >= 15 is 0 Å². The summed E-state index contributed by atoms with van der Waals surface area (Å²) >= 11 is 15.5. The van der Waals surface area contributed by atoms with Crippen LogP contribution >= 0.6 is 39.0 Å². The second-order valence-corrected chi connectivity index (χ2v) is 26.3. The average molecular weight is 650 g/mol. The van der Waals surface area contributed by atoms with Crippen molar-refractivity contribution in [3.05, 3.63) is 57.6 Å². The summed E-state index contributed by atoms with van der Waals surface area (Å²) in [6.07, 6.45) is 0. The van der Waals surface area contributed by atoms with Crippen molar-refractivity contribution in [2.45, 2.75) is 167 Å². The van der Waals surface area contributed by atoms with Gasteiger partial charge in [-0.25, -0.2) is 0 Å². The van der Waals surface area contributed by atoms with Crippen molar-refractivity contribution >= 4 is 49.7 Å². The van der Waals surface area contributed by atoms with Crippen molar-refractivity contribution in [3.8, 4) is 0 Å². The van der Waals surface area contributed by atoms with Gasteiger partial charge in [-0.3, -0.25) is 0 Å². The number of hydrogen-bond acceptors (Lipinski definition) is 0. The van der Waals surface area contributed by atoms with E-state index in [0.717, 1.165) is 0 Å². The van der Waals surface area contributed by atoms with E-state index in [2.05, 4.69) is 149 Å². The quantitative estimate of drug-likeness (QED) is 0.224. The molecule has 3 rings (SSSR count). The first kappa shape index (κ1) is 36.3. The van der Waals surface area contributed by atoms with Crippen LogP contribution in [0.2, 0.25) is 0 Å². The number of rotatable bonds is 2. The highest BCUT2D eigenvalue weighted by Gasteiger charge is 2.54. The van der Waals surface area contributed by atoms with Crippen LogP contribution in [0.25, 0.3) is 0 Å². The lowest BCUT2D eigenvalue weighted by atomic mass is 9.75. The average Bonchev–Trinajstić information content (AvgIpc) is 2.74. The lowest BCUT2D eigenvalue weighted by molar-refractivity contribution is 0.553. The van der Waals surface area contributed by atoms with Crippen molar-refractivity contribution < 1.29 is 0 Å². The zero-order valence-corrected chi connectivity index (χ0v) is 33.4. The van der Waals surface area contributed by atoms with E-state index in [1.54, 1.807) is 0 Å². The second-order valence-electron chi connectivity index (χ2n) is 18.8. The van der Waals surface area contributed by atoms with Crippen LogP contribution in [0, 0.1) is 0 Å². The summed E-state index contributed by atoms with van der Waals surface area (Å²) in [5, 5.41) is 2.94. The third-order valence-electron chi connectivity index (χ3n) is 8.62. The van der Waals surface area contributed by atoms with Gasteiger partial charge in [-0.15, -0.1) is 23.2 Å². The maximum atomic E-state index is 7.77. The van der Waals surface area contributed by atoms with Crippen LogP contribution in [-0.4, -0.2) is 9.72 Å². The highest BCUT2D eigenvalue weighted by atomic mass is 35.5. The summed E-state index contributed by atoms with van der Waals surface area (Å²) in [5.41, 5.74) is 8.65. The van der Waals surface area contributed by atoms with Gasteiger partial charge >= 0.3 is 0 Å². The first-order valence-electron chi connectivity index (χ1n) is 15.7. The van der Waals surface area contributed by atoms with Gasteiger partial charge in [-0.05, 0) is 92.3 Å². The molecule has 1 heterocycles. The van der Waals surface area contributed by atoms with Gasteiger partial charge in [-0.2, -0.15) is 0 Å². The van der Waals surface area contributed by atoms with Gasteiger partial charge in [0, 0.05) is 0 Å². The molecule has 42 heavy (non-hydrogen) atoms. The molecule has 1 aliphatic heterocycles. The smallest absolute Gasteiger partial charge is 0.0843 e. The van der Waals surface area contributed by atoms with E-state index in [4.69, 9.17) is 23.2 Å². The minimum absolute atomic E-state index is 0.00795. The van der Waals surface area contributed by atoms with Crippen molar-refractivity contribution in [2.24, 2.45) is 0 Å². The summed E-state index contributed by atoms with van der Waals surface area (Å²) in [7, 11) is -1.53. The minimum Gasteiger partial charge on any atom is -0.112 e. The molecule has 0 unspecified atom stereocenters. The molecule has 0 amide bonds. The Morgan fingerprint density at radius 1 is 0.381 bits per heavy atom. The highest BCUT2D eigenvalue weighted by Crippen LogP contribution is 2.82. The van der Waals surface area contributed by atoms with Crippen LogP contribution in [-0.2, 0) is 32.5 Å². The zero-order valence-electron chi connectivity index (χ0n) is 30.1. The van der Waals surface area contributed by atoms with Gasteiger partial charge in [0.15, 0.2) is 0 Å². The maximum absolute atomic E-state index is 7.77. The third kappa shape index (κ3) is 7.14. The summed E-state index contributed by atoms with van der Waals surface area (Å²) in [5.74, 6) is 0. The van der Waals surface area contributed by atoms with E-state index in [9.17, 15) is 0 Å². The third-order valence-corrected chi connectivity index (χ3v) is 18.0. The number of alkyl halides is 2. The van der Waals surface area contributed by atoms with E-state index < -0.39 is 15.8 Å². The van der Waals surface area contributed by atoms with Crippen LogP contribution in [0.1, 0.15) is 158 Å². The SMILES string of the molecule is CC(C)(C)c1cc(C(C)(C)C)c(P2C(Cl)P(c3c(C(C)(C)C)cc(C(C)(C)C)cc3C(C)(C)C)C2Cl)c(C(C)(C)C)c1. The van der Waals surface area contributed by atoms with E-state index in [-0.39, 0.29) is 42.2 Å². The fourth-order valence-corrected chi connectivity index (χ4v) is 17.7. The first-order valence-corrected chi connectivity index (χ1v) is 19.6. The largest absolute Gasteiger partial charge is 0.112 e. The van der Waals surface area contributed by atoms with E-state index in [1.807, 2.05) is 0 Å². The monoisotopic (exact) mass is 648 g/mol. The summed E-state index contributed by atoms with van der Waals surface area (Å²) in [6.45, 7) is 42.2. The Balaban J connectivity index is 2.37. The molecule has 1 fully saturated rings. The Labute approximate surface area is 273 Å². The molecular weight excluding hydrogens is 589 g/mol. The molecule has 236 valence electrons. The molecule has 0 bridgehead atoms. The Bertz CT molecular complexity index is 1130. The standard InChI is InChI=1S/C38H60Cl2P2/c1-33(2,3)23-19-25(35(7,8)9)29(26(20-23)36(10,11)12)41-31(39)42(32(41)40)30-27(37(13,14)15)21-24(34(4,5)6)22-28(30)38(16,17)18/h19-22,31-32H,1-18H3. The Hall–Kier alpha value is -0.120. The molecule has 0 nitrogen and oxygen atoms in total. The molecule has 1 saturated heterocycles. The molecular formula is C38H60Cl2P2. The molecule has 0 saturated carbocycles. The van der Waals surface area contributed by atoms with Crippen molar-refractivity contribution in [1.29, 1.82) is 0 Å². The molecule has 0 atom stereocenters. The maximum Gasteiger partial charge on any atom is 0.0843 e. The number of hydrogen-bond donors (Lipinski definition) is 0. The van der Waals surface area contributed by atoms with E-state index in [0.29, 0.717) is 0 Å². The van der Waals surface area contributed by atoms with Crippen LogP contribution in [0.4, 0.5) is 0 Å². The first-order chi connectivity index (χ1) is 18.5. The van der Waals surface area contributed by atoms with Gasteiger partial charge in [0.2, 0.25) is 0 Å². The molecule has 1 aliphatic rings. The van der Waals surface area contributed by atoms with Gasteiger partial charge in [-0.1, -0.05) is 149 Å². The molecule has 0 radical (unpaired) electrons. The zero-order chi connectivity index (χ0) is 32.8. The van der Waals surface area contributed by atoms with Crippen LogP contribution in [0.3, 0.4) is 0 Å². The topological polar surface area (TPSA) is 0 Å². The van der Waals surface area contributed by atoms with Crippen molar-refractivity contribution in [1.82, 2.24) is 0 Å². The normalized spacial score (nSPS) is 22.8. The van der Waals surface area contributed by atoms with Gasteiger partial charge in [0.25, 0.3) is 0 Å². The molecule has 0 aliphatic carbocycles. The van der Waals surface area contributed by atoms with Crippen molar-refractivity contribution in [2.75, 3.05) is 0 Å². The highest BCUT2D eigenvalue weighted by molar-refractivity contribution is 8.03. The molecule has 0 aromatic heterocycles. The van der Waals surface area contributed by atoms with Crippen LogP contribution < -0.4 is 10.6 Å². The lowest BCUT2D eigenvalue weighted by Gasteiger charge is -2.52. The molecule has 0 spiro atoms. The number of halogens is 2. The van der Waals surface area contributed by atoms with Gasteiger partial charge in [0.1, 0.15) is 0 Å². The molecule has 2 aromatic rings. The summed E-state index contributed by atoms with van der Waals surface area (Å²) < 4.78 is 0. The minimum atomic E-state index is -0.764. The fourth-order valence-electron chi connectivity index (χ4n) is 5.81. The van der Waals surface area contributed by atoms with E-state index in [1.165, 1.54) is 44.0 Å². The second kappa shape index (κ2) is 11.3. The lowest BCUT2D eigenvalue weighted by Crippen LogP contribution is -2.42. The molecule has 4 heteroatoms. The Kier molecular flexibility index (Phi) is 9.77. The van der Waals surface area contributed by atoms with Crippen molar-refractivity contribution in [3.63, 3.8) is 0 Å². The summed E-state index contributed by atoms with van der Waals surface area (Å²) in [4.78, 5) is 0.0887. The Morgan fingerprint density at radius 3 is 0.714 bits per heavy atom. The van der Waals surface area contributed by atoms with Gasteiger partial charge in [0.05, 0.1) is 9.72 Å². The molecule has 0 N–H and O–H groups in total. The predicted molar refractivity (Wildman–Crippen MR) is 197 cm³/mol. The predicted octanol–water partition coefficient (Wildman–Crippen LogP) is 12.4. The fraction of sp³-hybridized carbons (Fsp3) is 0.684. The van der Waals surface area contributed by atoms with Gasteiger partial charge < -0.3 is 0 Å². The Morgan fingerprint density at radius 2 is 0.571 bits per heavy atom. The summed E-state index contributed by atoms with van der Waals surface area (Å²) in [6, 6.07) is 9.94.